The topological polar surface area (TPSA) is 85.7 Å². The summed E-state index contributed by atoms with van der Waals surface area (Å²) in [4.78, 5) is 26.5. The van der Waals surface area contributed by atoms with Crippen molar-refractivity contribution in [1.29, 1.82) is 0 Å². The number of nitrogens with zero attached hydrogens (tertiary/aromatic N) is 1. The number of hydrogen-bond acceptors (Lipinski definition) is 5. The molecule has 130 valence electrons. The summed E-state index contributed by atoms with van der Waals surface area (Å²) >= 11 is 5.93. The first kappa shape index (κ1) is 17.4. The first-order chi connectivity index (χ1) is 12.0. The number of carbonyl (C=O) groups is 2. The maximum atomic E-state index is 11.8. The third-order valence-corrected chi connectivity index (χ3v) is 4.20. The van der Waals surface area contributed by atoms with Crippen LogP contribution in [0.2, 0.25) is 5.02 Å². The normalized spacial score (nSPS) is 18.6. The zero-order chi connectivity index (χ0) is 18.0. The number of hydrogen-bond donors (Lipinski definition) is 1. The molecule has 0 bridgehead atoms. The van der Waals surface area contributed by atoms with Gasteiger partial charge in [0.1, 0.15) is 6.10 Å². The highest BCUT2D eigenvalue weighted by Gasteiger charge is 2.34. The molecular formula is C18H16ClNO5. The van der Waals surface area contributed by atoms with E-state index in [1.165, 1.54) is 6.20 Å². The van der Waals surface area contributed by atoms with Crippen molar-refractivity contribution in [2.24, 2.45) is 0 Å². The van der Waals surface area contributed by atoms with E-state index in [4.69, 9.17) is 26.2 Å². The fraction of sp³-hybridized carbons (Fsp3) is 0.278. The Morgan fingerprint density at radius 2 is 1.96 bits per heavy atom. The minimum Gasteiger partial charge on any atom is -0.481 e. The summed E-state index contributed by atoms with van der Waals surface area (Å²) < 4.78 is 11.3. The van der Waals surface area contributed by atoms with Crippen molar-refractivity contribution in [3.05, 3.63) is 58.4 Å². The number of pyridine rings is 1. The minimum atomic E-state index is -1.05. The van der Waals surface area contributed by atoms with Crippen molar-refractivity contribution in [2.75, 3.05) is 0 Å². The Hall–Kier alpha value is -2.44. The predicted molar refractivity (Wildman–Crippen MR) is 89.5 cm³/mol. The van der Waals surface area contributed by atoms with Crippen molar-refractivity contribution < 1.29 is 24.2 Å². The molecule has 7 heteroatoms. The molecule has 3 rings (SSSR count). The Bertz CT molecular complexity index is 806. The summed E-state index contributed by atoms with van der Waals surface area (Å²) in [5, 5.41) is 9.29. The highest BCUT2D eigenvalue weighted by Crippen LogP contribution is 2.46. The van der Waals surface area contributed by atoms with Crippen LogP contribution in [0, 0.1) is 0 Å². The van der Waals surface area contributed by atoms with Gasteiger partial charge in [0, 0.05) is 22.3 Å². The first-order valence-electron chi connectivity index (χ1n) is 7.77. The van der Waals surface area contributed by atoms with Crippen molar-refractivity contribution in [2.45, 2.75) is 32.0 Å². The SMILES string of the molecule is C[C@@H]1OC(c2ccc(Cl)cc2)c2cncc(OC(=O)CCC(=O)O)c21. The van der Waals surface area contributed by atoms with Crippen LogP contribution in [0.3, 0.4) is 0 Å². The highest BCUT2D eigenvalue weighted by atomic mass is 35.5. The van der Waals surface area contributed by atoms with Gasteiger partial charge in [0.15, 0.2) is 5.75 Å². The van der Waals surface area contributed by atoms with E-state index >= 15 is 0 Å². The van der Waals surface area contributed by atoms with Gasteiger partial charge in [0.25, 0.3) is 0 Å². The van der Waals surface area contributed by atoms with E-state index in [2.05, 4.69) is 4.98 Å². The number of esters is 1. The molecule has 0 fully saturated rings. The molecule has 1 aromatic heterocycles. The quantitative estimate of drug-likeness (QED) is 0.817. The van der Waals surface area contributed by atoms with E-state index in [1.54, 1.807) is 18.3 Å². The molecule has 6 nitrogen and oxygen atoms in total. The fourth-order valence-corrected chi connectivity index (χ4v) is 2.94. The van der Waals surface area contributed by atoms with Gasteiger partial charge in [-0.3, -0.25) is 14.6 Å². The Morgan fingerprint density at radius 3 is 2.64 bits per heavy atom. The zero-order valence-corrected chi connectivity index (χ0v) is 14.2. The van der Waals surface area contributed by atoms with E-state index in [9.17, 15) is 9.59 Å². The van der Waals surface area contributed by atoms with E-state index < -0.39 is 11.9 Å². The van der Waals surface area contributed by atoms with E-state index in [-0.39, 0.29) is 25.0 Å². The molecule has 2 heterocycles. The number of carboxylic acids is 1. The van der Waals surface area contributed by atoms with Crippen molar-refractivity contribution in [1.82, 2.24) is 4.98 Å². The van der Waals surface area contributed by atoms with Gasteiger partial charge in [-0.05, 0) is 24.6 Å². The molecule has 0 aliphatic carbocycles. The van der Waals surface area contributed by atoms with Crippen LogP contribution in [0.15, 0.2) is 36.7 Å². The Morgan fingerprint density at radius 1 is 1.24 bits per heavy atom. The maximum absolute atomic E-state index is 11.8. The number of halogens is 1. The summed E-state index contributed by atoms with van der Waals surface area (Å²) in [5.41, 5.74) is 2.49. The average molecular weight is 362 g/mol. The molecule has 1 N–H and O–H groups in total. The lowest BCUT2D eigenvalue weighted by molar-refractivity contribution is -0.142. The second-order valence-electron chi connectivity index (χ2n) is 5.72. The Balaban J connectivity index is 1.86. The first-order valence-corrected chi connectivity index (χ1v) is 8.14. The minimum absolute atomic E-state index is 0.200. The Kier molecular flexibility index (Phi) is 5.01. The summed E-state index contributed by atoms with van der Waals surface area (Å²) in [6, 6.07) is 7.32. The molecule has 0 spiro atoms. The third kappa shape index (κ3) is 3.81. The lowest BCUT2D eigenvalue weighted by Gasteiger charge is -2.12. The number of rotatable bonds is 5. The van der Waals surface area contributed by atoms with Crippen molar-refractivity contribution in [3.8, 4) is 5.75 Å². The maximum Gasteiger partial charge on any atom is 0.311 e. The van der Waals surface area contributed by atoms with Gasteiger partial charge < -0.3 is 14.6 Å². The molecule has 2 aromatic rings. The van der Waals surface area contributed by atoms with Crippen LogP contribution in [-0.2, 0) is 14.3 Å². The van der Waals surface area contributed by atoms with E-state index in [1.807, 2.05) is 19.1 Å². The van der Waals surface area contributed by atoms with Gasteiger partial charge in [0.2, 0.25) is 0 Å². The van der Waals surface area contributed by atoms with Gasteiger partial charge in [-0.1, -0.05) is 23.7 Å². The van der Waals surface area contributed by atoms with Crippen molar-refractivity contribution in [3.63, 3.8) is 0 Å². The lowest BCUT2D eigenvalue weighted by Crippen LogP contribution is -2.12. The highest BCUT2D eigenvalue weighted by molar-refractivity contribution is 6.30. The van der Waals surface area contributed by atoms with Gasteiger partial charge >= 0.3 is 11.9 Å². The number of carboxylic acid groups (broad SMARTS) is 1. The van der Waals surface area contributed by atoms with Crippen LogP contribution in [0.25, 0.3) is 0 Å². The number of ether oxygens (including phenoxy) is 2. The molecule has 1 unspecified atom stereocenters. The summed E-state index contributed by atoms with van der Waals surface area (Å²) in [6.07, 6.45) is 2.04. The number of carbonyl (C=O) groups excluding carboxylic acids is 1. The van der Waals surface area contributed by atoms with Crippen molar-refractivity contribution >= 4 is 23.5 Å². The average Bonchev–Trinajstić information content (AvgIpc) is 2.92. The Labute approximate surface area is 149 Å². The molecule has 1 aliphatic rings. The molecule has 0 radical (unpaired) electrons. The lowest BCUT2D eigenvalue weighted by atomic mass is 9.99. The second-order valence-corrected chi connectivity index (χ2v) is 6.15. The zero-order valence-electron chi connectivity index (χ0n) is 13.4. The summed E-state index contributed by atoms with van der Waals surface area (Å²) in [5.74, 6) is -1.36. The van der Waals surface area contributed by atoms with Crippen LogP contribution in [-0.4, -0.2) is 22.0 Å². The molecule has 0 amide bonds. The molecular weight excluding hydrogens is 346 g/mol. The van der Waals surface area contributed by atoms with Gasteiger partial charge in [-0.15, -0.1) is 0 Å². The van der Waals surface area contributed by atoms with Gasteiger partial charge in [-0.2, -0.15) is 0 Å². The number of aliphatic carboxylic acids is 1. The molecule has 2 atom stereocenters. The van der Waals surface area contributed by atoms with Gasteiger partial charge in [0.05, 0.1) is 25.1 Å². The van der Waals surface area contributed by atoms with Crippen LogP contribution >= 0.6 is 11.6 Å². The second kappa shape index (κ2) is 7.21. The van der Waals surface area contributed by atoms with Crippen LogP contribution < -0.4 is 4.74 Å². The number of fused-ring (bicyclic) bond motifs is 1. The van der Waals surface area contributed by atoms with E-state index in [0.717, 1.165) is 16.7 Å². The number of benzene rings is 1. The smallest absolute Gasteiger partial charge is 0.311 e. The largest absolute Gasteiger partial charge is 0.481 e. The predicted octanol–water partition coefficient (Wildman–Crippen LogP) is 3.69. The van der Waals surface area contributed by atoms with Crippen LogP contribution in [0.1, 0.15) is 48.7 Å². The van der Waals surface area contributed by atoms with Gasteiger partial charge in [-0.25, -0.2) is 0 Å². The van der Waals surface area contributed by atoms with Crippen LogP contribution in [0.4, 0.5) is 0 Å². The summed E-state index contributed by atoms with van der Waals surface area (Å²) in [7, 11) is 0. The monoisotopic (exact) mass is 361 g/mol. The third-order valence-electron chi connectivity index (χ3n) is 3.95. The van der Waals surface area contributed by atoms with E-state index in [0.29, 0.717) is 10.8 Å². The number of aromatic nitrogens is 1. The molecule has 1 aliphatic heterocycles. The van der Waals surface area contributed by atoms with Crippen LogP contribution in [0.5, 0.6) is 5.75 Å². The molecule has 1 aromatic carbocycles. The standard InChI is InChI=1S/C18H16ClNO5/c1-10-17-13(18(24-10)11-2-4-12(19)5-3-11)8-20-9-14(17)25-16(23)7-6-15(21)22/h2-5,8-10,18H,6-7H2,1H3,(H,21,22)/t10-,18?/m0/s1. The molecule has 0 saturated carbocycles. The molecule has 25 heavy (non-hydrogen) atoms. The summed E-state index contributed by atoms with van der Waals surface area (Å²) in [6.45, 7) is 1.86. The molecule has 0 saturated heterocycles. The fourth-order valence-electron chi connectivity index (χ4n) is 2.82.